The summed E-state index contributed by atoms with van der Waals surface area (Å²) < 4.78 is 26.6. The fourth-order valence-electron chi connectivity index (χ4n) is 1.69. The molecule has 0 spiro atoms. The molecule has 0 aliphatic carbocycles. The lowest BCUT2D eigenvalue weighted by atomic mass is 9.96. The lowest BCUT2D eigenvalue weighted by Gasteiger charge is -2.30. The molecule has 0 aromatic carbocycles. The zero-order valence-electron chi connectivity index (χ0n) is 8.28. The Kier molecular flexibility index (Phi) is 3.70. The summed E-state index contributed by atoms with van der Waals surface area (Å²) in [7, 11) is -1.71. The molecule has 1 aliphatic heterocycles. The standard InChI is InChI=1S/C8H18N2O2S/c1-3-8-4-6-10(7-5-8)13(11,12)9-2/h8-9H,3-7H2,1-2H3. The highest BCUT2D eigenvalue weighted by Crippen LogP contribution is 2.20. The van der Waals surface area contributed by atoms with Gasteiger partial charge in [-0.1, -0.05) is 13.3 Å². The zero-order chi connectivity index (χ0) is 9.90. The fourth-order valence-corrected chi connectivity index (χ4v) is 2.64. The van der Waals surface area contributed by atoms with Crippen molar-refractivity contribution in [1.29, 1.82) is 0 Å². The van der Waals surface area contributed by atoms with Gasteiger partial charge in [0.1, 0.15) is 0 Å². The van der Waals surface area contributed by atoms with Crippen LogP contribution >= 0.6 is 0 Å². The summed E-state index contributed by atoms with van der Waals surface area (Å²) in [6.07, 6.45) is 3.16. The third kappa shape index (κ3) is 2.65. The van der Waals surface area contributed by atoms with Crippen LogP contribution in [0.1, 0.15) is 26.2 Å². The molecule has 0 atom stereocenters. The van der Waals surface area contributed by atoms with Gasteiger partial charge in [-0.2, -0.15) is 12.7 Å². The molecule has 0 bridgehead atoms. The van der Waals surface area contributed by atoms with Gasteiger partial charge in [-0.3, -0.25) is 0 Å². The molecule has 1 rings (SSSR count). The van der Waals surface area contributed by atoms with E-state index in [0.717, 1.165) is 19.3 Å². The molecule has 0 aromatic heterocycles. The summed E-state index contributed by atoms with van der Waals surface area (Å²) in [5.41, 5.74) is 0. The van der Waals surface area contributed by atoms with Gasteiger partial charge < -0.3 is 0 Å². The lowest BCUT2D eigenvalue weighted by molar-refractivity contribution is 0.267. The van der Waals surface area contributed by atoms with E-state index >= 15 is 0 Å². The predicted octanol–water partition coefficient (Wildman–Crippen LogP) is 0.573. The second-order valence-corrected chi connectivity index (χ2v) is 5.33. The first-order valence-corrected chi connectivity index (χ1v) is 6.22. The molecule has 0 aromatic rings. The maximum absolute atomic E-state index is 11.4. The molecule has 0 unspecified atom stereocenters. The van der Waals surface area contributed by atoms with E-state index in [0.29, 0.717) is 19.0 Å². The molecule has 5 heteroatoms. The molecule has 13 heavy (non-hydrogen) atoms. The van der Waals surface area contributed by atoms with Crippen LogP contribution in [0.3, 0.4) is 0 Å². The van der Waals surface area contributed by atoms with Crippen molar-refractivity contribution in [3.63, 3.8) is 0 Å². The molecule has 0 amide bonds. The summed E-state index contributed by atoms with van der Waals surface area (Å²) in [5, 5.41) is 0. The summed E-state index contributed by atoms with van der Waals surface area (Å²) in [6.45, 7) is 3.50. The van der Waals surface area contributed by atoms with E-state index < -0.39 is 10.2 Å². The summed E-state index contributed by atoms with van der Waals surface area (Å²) >= 11 is 0. The number of hydrogen-bond donors (Lipinski definition) is 1. The number of nitrogens with zero attached hydrogens (tertiary/aromatic N) is 1. The Hall–Kier alpha value is -0.130. The minimum absolute atomic E-state index is 0.668. The van der Waals surface area contributed by atoms with Gasteiger partial charge >= 0.3 is 0 Å². The summed E-state index contributed by atoms with van der Waals surface area (Å²) in [4.78, 5) is 0. The van der Waals surface area contributed by atoms with E-state index in [1.807, 2.05) is 0 Å². The first-order chi connectivity index (χ1) is 6.10. The number of hydrogen-bond acceptors (Lipinski definition) is 2. The minimum atomic E-state index is -3.17. The van der Waals surface area contributed by atoms with E-state index in [1.54, 1.807) is 0 Å². The maximum Gasteiger partial charge on any atom is 0.279 e. The Bertz CT molecular complexity index is 243. The van der Waals surface area contributed by atoms with Gasteiger partial charge in [-0.15, -0.1) is 0 Å². The van der Waals surface area contributed by atoms with Gasteiger partial charge in [-0.25, -0.2) is 4.72 Å². The summed E-state index contributed by atoms with van der Waals surface area (Å²) in [6, 6.07) is 0. The van der Waals surface area contributed by atoms with Crippen LogP contribution in [0, 0.1) is 5.92 Å². The quantitative estimate of drug-likeness (QED) is 0.734. The fraction of sp³-hybridized carbons (Fsp3) is 1.00. The van der Waals surface area contributed by atoms with E-state index in [9.17, 15) is 8.42 Å². The highest BCUT2D eigenvalue weighted by atomic mass is 32.2. The van der Waals surface area contributed by atoms with Crippen LogP contribution in [0.25, 0.3) is 0 Å². The van der Waals surface area contributed by atoms with Crippen molar-refractivity contribution < 1.29 is 8.42 Å². The van der Waals surface area contributed by atoms with E-state index in [-0.39, 0.29) is 0 Å². The van der Waals surface area contributed by atoms with E-state index in [1.165, 1.54) is 11.4 Å². The van der Waals surface area contributed by atoms with Crippen LogP contribution in [-0.4, -0.2) is 32.9 Å². The van der Waals surface area contributed by atoms with Crippen LogP contribution < -0.4 is 4.72 Å². The van der Waals surface area contributed by atoms with Crippen molar-refractivity contribution in [2.45, 2.75) is 26.2 Å². The van der Waals surface area contributed by atoms with Crippen molar-refractivity contribution in [2.24, 2.45) is 5.92 Å². The van der Waals surface area contributed by atoms with Crippen molar-refractivity contribution >= 4 is 10.2 Å². The average molecular weight is 206 g/mol. The van der Waals surface area contributed by atoms with Gasteiger partial charge in [0.15, 0.2) is 0 Å². The molecule has 78 valence electrons. The van der Waals surface area contributed by atoms with Gasteiger partial charge in [0, 0.05) is 20.1 Å². The number of piperidine rings is 1. The SMILES string of the molecule is CCC1CCN(S(=O)(=O)NC)CC1. The van der Waals surface area contributed by atoms with Crippen LogP contribution in [0.5, 0.6) is 0 Å². The summed E-state index contributed by atoms with van der Waals surface area (Å²) in [5.74, 6) is 0.711. The second kappa shape index (κ2) is 4.39. The Labute approximate surface area is 80.5 Å². The largest absolute Gasteiger partial charge is 0.279 e. The number of rotatable bonds is 3. The van der Waals surface area contributed by atoms with Crippen LogP contribution in [0.2, 0.25) is 0 Å². The van der Waals surface area contributed by atoms with Crippen LogP contribution in [-0.2, 0) is 10.2 Å². The normalized spacial score (nSPS) is 22.0. The van der Waals surface area contributed by atoms with E-state index in [4.69, 9.17) is 0 Å². The van der Waals surface area contributed by atoms with Crippen LogP contribution in [0.15, 0.2) is 0 Å². The number of nitrogens with one attached hydrogen (secondary N) is 1. The molecular formula is C8H18N2O2S. The highest BCUT2D eigenvalue weighted by Gasteiger charge is 2.25. The van der Waals surface area contributed by atoms with E-state index in [2.05, 4.69) is 11.6 Å². The van der Waals surface area contributed by atoms with Gasteiger partial charge in [0.25, 0.3) is 10.2 Å². The molecule has 1 aliphatic rings. The molecule has 1 N–H and O–H groups in total. The van der Waals surface area contributed by atoms with Crippen molar-refractivity contribution in [3.05, 3.63) is 0 Å². The Morgan fingerprint density at radius 2 is 1.92 bits per heavy atom. The average Bonchev–Trinajstić information content (AvgIpc) is 2.18. The van der Waals surface area contributed by atoms with Gasteiger partial charge in [-0.05, 0) is 18.8 Å². The molecule has 4 nitrogen and oxygen atoms in total. The molecular weight excluding hydrogens is 188 g/mol. The van der Waals surface area contributed by atoms with Crippen molar-refractivity contribution in [2.75, 3.05) is 20.1 Å². The minimum Gasteiger partial charge on any atom is -0.205 e. The molecule has 0 saturated carbocycles. The molecule has 1 fully saturated rings. The Balaban J connectivity index is 2.50. The van der Waals surface area contributed by atoms with Gasteiger partial charge in [0.2, 0.25) is 0 Å². The first-order valence-electron chi connectivity index (χ1n) is 4.78. The Morgan fingerprint density at radius 3 is 2.31 bits per heavy atom. The maximum atomic E-state index is 11.4. The topological polar surface area (TPSA) is 49.4 Å². The smallest absolute Gasteiger partial charge is 0.205 e. The predicted molar refractivity (Wildman–Crippen MR) is 52.6 cm³/mol. The van der Waals surface area contributed by atoms with Crippen LogP contribution in [0.4, 0.5) is 0 Å². The molecule has 1 heterocycles. The first kappa shape index (κ1) is 10.9. The zero-order valence-corrected chi connectivity index (χ0v) is 9.10. The lowest BCUT2D eigenvalue weighted by Crippen LogP contribution is -2.43. The van der Waals surface area contributed by atoms with Crippen molar-refractivity contribution in [1.82, 2.24) is 9.03 Å². The van der Waals surface area contributed by atoms with Gasteiger partial charge in [0.05, 0.1) is 0 Å². The van der Waals surface area contributed by atoms with Crippen molar-refractivity contribution in [3.8, 4) is 0 Å². The third-order valence-corrected chi connectivity index (χ3v) is 4.31. The molecule has 1 saturated heterocycles. The highest BCUT2D eigenvalue weighted by molar-refractivity contribution is 7.87. The monoisotopic (exact) mass is 206 g/mol. The third-order valence-electron chi connectivity index (χ3n) is 2.75. The Morgan fingerprint density at radius 1 is 1.38 bits per heavy atom. The second-order valence-electron chi connectivity index (χ2n) is 3.46. The molecule has 0 radical (unpaired) electrons.